The minimum Gasteiger partial charge on any atom is -0.294 e. The van der Waals surface area contributed by atoms with Crippen LogP contribution in [0.1, 0.15) is 12.8 Å². The Morgan fingerprint density at radius 3 is 2.50 bits per heavy atom. The third kappa shape index (κ3) is 2.09. The summed E-state index contributed by atoms with van der Waals surface area (Å²) >= 11 is 2.89. The van der Waals surface area contributed by atoms with E-state index in [0.717, 1.165) is 0 Å². The molecule has 0 N–H and O–H groups in total. The molecular weight excluding hydrogens is 237 g/mol. The van der Waals surface area contributed by atoms with Crippen LogP contribution in [0.25, 0.3) is 0 Å². The van der Waals surface area contributed by atoms with Crippen molar-refractivity contribution in [2.45, 2.75) is 19.0 Å². The highest BCUT2D eigenvalue weighted by atomic mass is 79.9. The van der Waals surface area contributed by atoms with Crippen LogP contribution in [-0.4, -0.2) is 12.0 Å². The van der Waals surface area contributed by atoms with Crippen molar-refractivity contribution < 1.29 is 18.0 Å². The molecule has 1 nitrogen and oxygen atoms in total. The summed E-state index contributed by atoms with van der Waals surface area (Å²) in [6, 6.07) is 0. The first-order valence-electron chi connectivity index (χ1n) is 3.37. The lowest BCUT2D eigenvalue weighted by Gasteiger charge is -2.21. The highest BCUT2D eigenvalue weighted by molar-refractivity contribution is 9.12. The zero-order valence-corrected chi connectivity index (χ0v) is 7.58. The van der Waals surface area contributed by atoms with Gasteiger partial charge in [0.1, 0.15) is 0 Å². The van der Waals surface area contributed by atoms with Crippen LogP contribution in [0.5, 0.6) is 0 Å². The molecule has 1 aliphatic carbocycles. The van der Waals surface area contributed by atoms with E-state index in [1.54, 1.807) is 0 Å². The molecule has 0 aromatic heterocycles. The molecule has 0 bridgehead atoms. The molecule has 0 aromatic rings. The van der Waals surface area contributed by atoms with E-state index in [1.807, 2.05) is 0 Å². The third-order valence-corrected chi connectivity index (χ3v) is 2.51. The standard InChI is InChI=1S/C7H6BrF3O/c8-5-2-1-4(3-6(5)12)7(9,10)11/h2,4H,1,3H2. The quantitative estimate of drug-likeness (QED) is 0.639. The van der Waals surface area contributed by atoms with Crippen molar-refractivity contribution in [3.8, 4) is 0 Å². The van der Waals surface area contributed by atoms with Gasteiger partial charge >= 0.3 is 6.18 Å². The molecule has 1 unspecified atom stereocenters. The van der Waals surface area contributed by atoms with Crippen LogP contribution < -0.4 is 0 Å². The van der Waals surface area contributed by atoms with Crippen LogP contribution in [0.4, 0.5) is 13.2 Å². The second-order valence-corrected chi connectivity index (χ2v) is 3.51. The maximum Gasteiger partial charge on any atom is 0.392 e. The molecule has 0 fully saturated rings. The monoisotopic (exact) mass is 242 g/mol. The van der Waals surface area contributed by atoms with E-state index >= 15 is 0 Å². The fourth-order valence-corrected chi connectivity index (χ4v) is 1.36. The molecule has 0 spiro atoms. The molecule has 0 aromatic carbocycles. The van der Waals surface area contributed by atoms with Crippen LogP contribution in [0.3, 0.4) is 0 Å². The lowest BCUT2D eigenvalue weighted by Crippen LogP contribution is -2.27. The summed E-state index contributed by atoms with van der Waals surface area (Å²) in [4.78, 5) is 10.8. The molecular formula is C7H6BrF3O. The molecule has 12 heavy (non-hydrogen) atoms. The van der Waals surface area contributed by atoms with Gasteiger partial charge in [-0.05, 0) is 22.4 Å². The Balaban J connectivity index is 2.72. The molecule has 1 aliphatic rings. The average Bonchev–Trinajstić information content (AvgIpc) is 1.92. The van der Waals surface area contributed by atoms with Crippen LogP contribution in [0, 0.1) is 5.92 Å². The van der Waals surface area contributed by atoms with Gasteiger partial charge < -0.3 is 0 Å². The number of rotatable bonds is 0. The summed E-state index contributed by atoms with van der Waals surface area (Å²) < 4.78 is 36.4. The van der Waals surface area contributed by atoms with E-state index in [0.29, 0.717) is 0 Å². The number of hydrogen-bond donors (Lipinski definition) is 0. The molecule has 0 heterocycles. The van der Waals surface area contributed by atoms with Crippen molar-refractivity contribution in [1.82, 2.24) is 0 Å². The summed E-state index contributed by atoms with van der Waals surface area (Å²) in [7, 11) is 0. The minimum absolute atomic E-state index is 0.101. The largest absolute Gasteiger partial charge is 0.392 e. The van der Waals surface area contributed by atoms with Crippen LogP contribution in [0.2, 0.25) is 0 Å². The van der Waals surface area contributed by atoms with Gasteiger partial charge in [0.2, 0.25) is 0 Å². The Morgan fingerprint density at radius 2 is 2.08 bits per heavy atom. The topological polar surface area (TPSA) is 17.1 Å². The van der Waals surface area contributed by atoms with Crippen molar-refractivity contribution in [2.24, 2.45) is 5.92 Å². The van der Waals surface area contributed by atoms with Crippen LogP contribution >= 0.6 is 15.9 Å². The fraction of sp³-hybridized carbons (Fsp3) is 0.571. The summed E-state index contributed by atoms with van der Waals surface area (Å²) in [5, 5.41) is 0. The Morgan fingerprint density at radius 1 is 1.50 bits per heavy atom. The Kier molecular flexibility index (Phi) is 2.61. The van der Waals surface area contributed by atoms with Crippen LogP contribution in [0.15, 0.2) is 10.6 Å². The number of Topliss-reactive ketones (excluding diaryl/α,β-unsaturated/α-hetero) is 1. The zero-order valence-electron chi connectivity index (χ0n) is 5.99. The first-order chi connectivity index (χ1) is 5.41. The second-order valence-electron chi connectivity index (χ2n) is 2.65. The van der Waals surface area contributed by atoms with E-state index in [-0.39, 0.29) is 10.9 Å². The molecule has 0 saturated heterocycles. The number of carbonyl (C=O) groups is 1. The lowest BCUT2D eigenvalue weighted by molar-refractivity contribution is -0.177. The van der Waals surface area contributed by atoms with Gasteiger partial charge in [0.05, 0.1) is 10.4 Å². The normalized spacial score (nSPS) is 25.5. The number of allylic oxidation sites excluding steroid dienone is 2. The summed E-state index contributed by atoms with van der Waals surface area (Å²) in [6.45, 7) is 0. The van der Waals surface area contributed by atoms with Crippen molar-refractivity contribution >= 4 is 21.7 Å². The third-order valence-electron chi connectivity index (χ3n) is 1.74. The molecule has 0 radical (unpaired) electrons. The maximum atomic E-state index is 12.0. The van der Waals surface area contributed by atoms with Crippen molar-refractivity contribution in [3.63, 3.8) is 0 Å². The second kappa shape index (κ2) is 3.20. The molecule has 0 saturated carbocycles. The smallest absolute Gasteiger partial charge is 0.294 e. The highest BCUT2D eigenvalue weighted by Crippen LogP contribution is 2.36. The van der Waals surface area contributed by atoms with E-state index in [1.165, 1.54) is 6.08 Å². The summed E-state index contributed by atoms with van der Waals surface area (Å²) in [6.07, 6.45) is -3.50. The Labute approximate surface area is 75.8 Å². The maximum absolute atomic E-state index is 12.0. The number of alkyl halides is 3. The van der Waals surface area contributed by atoms with Crippen molar-refractivity contribution in [2.75, 3.05) is 0 Å². The van der Waals surface area contributed by atoms with E-state index < -0.39 is 24.3 Å². The predicted octanol–water partition coefficient (Wildman–Crippen LogP) is 2.81. The summed E-state index contributed by atoms with van der Waals surface area (Å²) in [5.74, 6) is -1.96. The number of halogens is 4. The molecule has 1 rings (SSSR count). The van der Waals surface area contributed by atoms with Gasteiger partial charge in [-0.1, -0.05) is 6.08 Å². The Bertz CT molecular complexity index is 231. The molecule has 0 amide bonds. The van der Waals surface area contributed by atoms with Gasteiger partial charge in [-0.15, -0.1) is 0 Å². The average molecular weight is 243 g/mol. The first kappa shape index (κ1) is 9.77. The molecule has 1 atom stereocenters. The summed E-state index contributed by atoms with van der Waals surface area (Å²) in [5.41, 5.74) is 0. The fourth-order valence-electron chi connectivity index (χ4n) is 1.01. The van der Waals surface area contributed by atoms with E-state index in [9.17, 15) is 18.0 Å². The predicted molar refractivity (Wildman–Crippen MR) is 40.8 cm³/mol. The Hall–Kier alpha value is -0.320. The first-order valence-corrected chi connectivity index (χ1v) is 4.16. The number of hydrogen-bond acceptors (Lipinski definition) is 1. The van der Waals surface area contributed by atoms with Gasteiger partial charge in [0, 0.05) is 6.42 Å². The molecule has 68 valence electrons. The van der Waals surface area contributed by atoms with E-state index in [4.69, 9.17) is 0 Å². The van der Waals surface area contributed by atoms with Crippen molar-refractivity contribution in [3.05, 3.63) is 10.6 Å². The SMILES string of the molecule is O=C1CC(C(F)(F)F)CC=C1Br. The highest BCUT2D eigenvalue weighted by Gasteiger charge is 2.41. The molecule has 5 heteroatoms. The van der Waals surface area contributed by atoms with E-state index in [2.05, 4.69) is 15.9 Å². The van der Waals surface area contributed by atoms with Gasteiger partial charge in [0.25, 0.3) is 0 Å². The van der Waals surface area contributed by atoms with Crippen molar-refractivity contribution in [1.29, 1.82) is 0 Å². The van der Waals surface area contributed by atoms with Gasteiger partial charge in [-0.3, -0.25) is 4.79 Å². The van der Waals surface area contributed by atoms with Gasteiger partial charge in [-0.2, -0.15) is 13.2 Å². The number of carbonyl (C=O) groups excluding carboxylic acids is 1. The molecule has 0 aliphatic heterocycles. The van der Waals surface area contributed by atoms with Gasteiger partial charge in [0.15, 0.2) is 5.78 Å². The number of ketones is 1. The lowest BCUT2D eigenvalue weighted by atomic mass is 9.93. The van der Waals surface area contributed by atoms with Gasteiger partial charge in [-0.25, -0.2) is 0 Å². The van der Waals surface area contributed by atoms with Crippen LogP contribution in [-0.2, 0) is 4.79 Å². The zero-order chi connectivity index (χ0) is 9.35. The minimum atomic E-state index is -4.25.